The third kappa shape index (κ3) is 6.36. The summed E-state index contributed by atoms with van der Waals surface area (Å²) in [7, 11) is 0. The number of para-hydroxylation sites is 1. The fourth-order valence-electron chi connectivity index (χ4n) is 3.06. The van der Waals surface area contributed by atoms with Crippen LogP contribution in [0.15, 0.2) is 78.9 Å². The monoisotopic (exact) mass is 421 g/mol. The molecule has 6 heteroatoms. The van der Waals surface area contributed by atoms with E-state index in [4.69, 9.17) is 11.6 Å². The van der Waals surface area contributed by atoms with Crippen LogP contribution in [0.3, 0.4) is 0 Å². The van der Waals surface area contributed by atoms with Gasteiger partial charge in [0.2, 0.25) is 5.91 Å². The lowest BCUT2D eigenvalue weighted by atomic mass is 9.97. The number of amides is 3. The summed E-state index contributed by atoms with van der Waals surface area (Å²) in [6.45, 7) is 2.35. The maximum Gasteiger partial charge on any atom is 0.319 e. The predicted octanol–water partition coefficient (Wildman–Crippen LogP) is 5.79. The molecule has 3 N–H and O–H groups in total. The normalized spacial score (nSPS) is 11.4. The number of rotatable bonds is 7. The fraction of sp³-hybridized carbons (Fsp3) is 0.167. The third-order valence-electron chi connectivity index (χ3n) is 4.65. The molecule has 0 saturated heterocycles. The maximum absolute atomic E-state index is 12.4. The van der Waals surface area contributed by atoms with E-state index in [1.54, 1.807) is 24.3 Å². The van der Waals surface area contributed by atoms with E-state index in [2.05, 4.69) is 16.0 Å². The number of urea groups is 1. The standard InChI is InChI=1S/C24H24ClN3O2/c1-17(19-9-3-2-4-10-19)14-23(29)27-20-11-7-8-18(15-20)16-26-24(30)28-22-13-6-5-12-21(22)25/h2-13,15,17H,14,16H2,1H3,(H,27,29)(H2,26,28,30)/t17-/m0/s1. The number of anilines is 2. The van der Waals surface area contributed by atoms with Crippen LogP contribution in [-0.4, -0.2) is 11.9 Å². The molecular weight excluding hydrogens is 398 g/mol. The Morgan fingerprint density at radius 1 is 0.900 bits per heavy atom. The van der Waals surface area contributed by atoms with Crippen LogP contribution in [-0.2, 0) is 11.3 Å². The lowest BCUT2D eigenvalue weighted by molar-refractivity contribution is -0.116. The Labute approximate surface area is 181 Å². The summed E-state index contributed by atoms with van der Waals surface area (Å²) in [6, 6.07) is 24.1. The summed E-state index contributed by atoms with van der Waals surface area (Å²) in [4.78, 5) is 24.5. The quantitative estimate of drug-likeness (QED) is 0.451. The molecule has 0 fully saturated rings. The summed E-state index contributed by atoms with van der Waals surface area (Å²) >= 11 is 6.05. The minimum absolute atomic E-state index is 0.0482. The van der Waals surface area contributed by atoms with Gasteiger partial charge in [-0.15, -0.1) is 0 Å². The number of hydrogen-bond acceptors (Lipinski definition) is 2. The number of carbonyl (C=O) groups is 2. The Morgan fingerprint density at radius 3 is 2.40 bits per heavy atom. The zero-order chi connectivity index (χ0) is 21.3. The smallest absolute Gasteiger partial charge is 0.319 e. The van der Waals surface area contributed by atoms with E-state index in [0.29, 0.717) is 29.4 Å². The molecule has 0 heterocycles. The van der Waals surface area contributed by atoms with Crippen LogP contribution in [0, 0.1) is 0 Å². The minimum Gasteiger partial charge on any atom is -0.334 e. The van der Waals surface area contributed by atoms with Gasteiger partial charge in [-0.3, -0.25) is 4.79 Å². The van der Waals surface area contributed by atoms with Crippen LogP contribution in [0.25, 0.3) is 0 Å². The first kappa shape index (κ1) is 21.4. The average Bonchev–Trinajstić information content (AvgIpc) is 2.75. The van der Waals surface area contributed by atoms with E-state index >= 15 is 0 Å². The molecule has 0 aliphatic heterocycles. The fourth-order valence-corrected chi connectivity index (χ4v) is 3.24. The minimum atomic E-state index is -0.353. The van der Waals surface area contributed by atoms with Crippen LogP contribution >= 0.6 is 11.6 Å². The van der Waals surface area contributed by atoms with Crippen molar-refractivity contribution >= 4 is 34.9 Å². The van der Waals surface area contributed by atoms with Crippen LogP contribution in [0.2, 0.25) is 5.02 Å². The molecule has 0 aliphatic rings. The van der Waals surface area contributed by atoms with Gasteiger partial charge < -0.3 is 16.0 Å². The first-order valence-corrected chi connectivity index (χ1v) is 10.1. The Balaban J connectivity index is 1.51. The first-order valence-electron chi connectivity index (χ1n) is 9.74. The highest BCUT2D eigenvalue weighted by Crippen LogP contribution is 2.21. The summed E-state index contributed by atoms with van der Waals surface area (Å²) in [6.07, 6.45) is 0.396. The molecule has 154 valence electrons. The van der Waals surface area contributed by atoms with Gasteiger partial charge in [-0.2, -0.15) is 0 Å². The van der Waals surface area contributed by atoms with Gasteiger partial charge in [0.05, 0.1) is 10.7 Å². The Kier molecular flexibility index (Phi) is 7.46. The molecule has 5 nitrogen and oxygen atoms in total. The zero-order valence-electron chi connectivity index (χ0n) is 16.7. The number of nitrogens with one attached hydrogen (secondary N) is 3. The Bertz CT molecular complexity index is 1010. The number of benzene rings is 3. The summed E-state index contributed by atoms with van der Waals surface area (Å²) in [5.74, 6) is 0.0810. The molecule has 3 aromatic carbocycles. The van der Waals surface area contributed by atoms with Gasteiger partial charge in [-0.05, 0) is 41.3 Å². The van der Waals surface area contributed by atoms with E-state index in [-0.39, 0.29) is 17.9 Å². The summed E-state index contributed by atoms with van der Waals surface area (Å²) in [5.41, 5.74) is 3.25. The van der Waals surface area contributed by atoms with Crippen molar-refractivity contribution in [3.63, 3.8) is 0 Å². The molecule has 0 unspecified atom stereocenters. The van der Waals surface area contributed by atoms with Crippen molar-refractivity contribution < 1.29 is 9.59 Å². The van der Waals surface area contributed by atoms with Crippen molar-refractivity contribution in [3.8, 4) is 0 Å². The van der Waals surface area contributed by atoms with Gasteiger partial charge >= 0.3 is 6.03 Å². The Morgan fingerprint density at radius 2 is 1.63 bits per heavy atom. The molecule has 0 bridgehead atoms. The molecule has 0 spiro atoms. The van der Waals surface area contributed by atoms with Crippen molar-refractivity contribution in [2.75, 3.05) is 10.6 Å². The van der Waals surface area contributed by atoms with Crippen molar-refractivity contribution in [3.05, 3.63) is 95.0 Å². The molecule has 0 saturated carbocycles. The third-order valence-corrected chi connectivity index (χ3v) is 4.98. The highest BCUT2D eigenvalue weighted by Gasteiger charge is 2.11. The van der Waals surface area contributed by atoms with Crippen LogP contribution in [0.1, 0.15) is 30.4 Å². The SMILES string of the molecule is C[C@@H](CC(=O)Nc1cccc(CNC(=O)Nc2ccccc2Cl)c1)c1ccccc1. The van der Waals surface area contributed by atoms with Gasteiger partial charge in [0.15, 0.2) is 0 Å². The van der Waals surface area contributed by atoms with E-state index < -0.39 is 0 Å². The summed E-state index contributed by atoms with van der Waals surface area (Å²) in [5, 5.41) is 8.91. The maximum atomic E-state index is 12.4. The van der Waals surface area contributed by atoms with Crippen molar-refractivity contribution in [2.45, 2.75) is 25.8 Å². The molecule has 1 atom stereocenters. The van der Waals surface area contributed by atoms with E-state index in [9.17, 15) is 9.59 Å². The largest absolute Gasteiger partial charge is 0.334 e. The van der Waals surface area contributed by atoms with E-state index in [0.717, 1.165) is 11.1 Å². The van der Waals surface area contributed by atoms with Gasteiger partial charge in [0.25, 0.3) is 0 Å². The Hall–Kier alpha value is -3.31. The lowest BCUT2D eigenvalue weighted by Crippen LogP contribution is -2.28. The topological polar surface area (TPSA) is 70.2 Å². The molecule has 3 aromatic rings. The second-order valence-corrected chi connectivity index (χ2v) is 7.46. The highest BCUT2D eigenvalue weighted by molar-refractivity contribution is 6.33. The van der Waals surface area contributed by atoms with Crippen molar-refractivity contribution in [1.82, 2.24) is 5.32 Å². The molecule has 3 rings (SSSR count). The van der Waals surface area contributed by atoms with E-state index in [1.165, 1.54) is 0 Å². The average molecular weight is 422 g/mol. The number of hydrogen-bond donors (Lipinski definition) is 3. The highest BCUT2D eigenvalue weighted by atomic mass is 35.5. The first-order chi connectivity index (χ1) is 14.5. The number of halogens is 1. The zero-order valence-corrected chi connectivity index (χ0v) is 17.4. The van der Waals surface area contributed by atoms with E-state index in [1.807, 2.05) is 61.5 Å². The van der Waals surface area contributed by atoms with Gasteiger partial charge in [-0.25, -0.2) is 4.79 Å². The molecule has 0 aromatic heterocycles. The van der Waals surface area contributed by atoms with Gasteiger partial charge in [0.1, 0.15) is 0 Å². The number of carbonyl (C=O) groups excluding carboxylic acids is 2. The van der Waals surface area contributed by atoms with Crippen LogP contribution in [0.4, 0.5) is 16.2 Å². The molecule has 0 aliphatic carbocycles. The van der Waals surface area contributed by atoms with Crippen molar-refractivity contribution in [2.24, 2.45) is 0 Å². The molecule has 30 heavy (non-hydrogen) atoms. The second kappa shape index (κ2) is 10.5. The summed E-state index contributed by atoms with van der Waals surface area (Å²) < 4.78 is 0. The van der Waals surface area contributed by atoms with Crippen LogP contribution < -0.4 is 16.0 Å². The van der Waals surface area contributed by atoms with Crippen LogP contribution in [0.5, 0.6) is 0 Å². The molecule has 3 amide bonds. The molecular formula is C24H24ClN3O2. The van der Waals surface area contributed by atoms with Gasteiger partial charge in [0, 0.05) is 18.7 Å². The van der Waals surface area contributed by atoms with Gasteiger partial charge in [-0.1, -0.05) is 73.1 Å². The second-order valence-electron chi connectivity index (χ2n) is 7.05. The predicted molar refractivity (Wildman–Crippen MR) is 122 cm³/mol. The lowest BCUT2D eigenvalue weighted by Gasteiger charge is -2.13. The van der Waals surface area contributed by atoms with Crippen molar-refractivity contribution in [1.29, 1.82) is 0 Å². The molecule has 0 radical (unpaired) electrons.